The molecule has 3 rings (SSSR count). The summed E-state index contributed by atoms with van der Waals surface area (Å²) in [5, 5.41) is 0. The van der Waals surface area contributed by atoms with Crippen LogP contribution in [0.25, 0.3) is 0 Å². The van der Waals surface area contributed by atoms with E-state index in [0.29, 0.717) is 24.3 Å². The molecule has 116 valence electrons. The number of likely N-dealkylation sites (tertiary alicyclic amines) is 1. The summed E-state index contributed by atoms with van der Waals surface area (Å²) in [5.74, 6) is 1.45. The van der Waals surface area contributed by atoms with Crippen molar-refractivity contribution in [3.05, 3.63) is 34.9 Å². The normalized spacial score (nSPS) is 27.4. The average Bonchev–Trinajstić information content (AvgIpc) is 2.97. The topological polar surface area (TPSA) is 46.3 Å². The van der Waals surface area contributed by atoms with Crippen LogP contribution < -0.4 is 5.73 Å². The first kappa shape index (κ1) is 16.3. The number of aryl methyl sites for hydroxylation is 2. The van der Waals surface area contributed by atoms with Gasteiger partial charge in [-0.2, -0.15) is 0 Å². The van der Waals surface area contributed by atoms with E-state index in [1.807, 2.05) is 4.90 Å². The zero-order valence-electron chi connectivity index (χ0n) is 12.8. The van der Waals surface area contributed by atoms with Crippen LogP contribution in [-0.4, -0.2) is 29.9 Å². The van der Waals surface area contributed by atoms with Crippen LogP contribution in [0.2, 0.25) is 0 Å². The van der Waals surface area contributed by atoms with Crippen LogP contribution in [0.5, 0.6) is 0 Å². The molecule has 0 radical (unpaired) electrons. The smallest absolute Gasteiger partial charge is 0.227 e. The van der Waals surface area contributed by atoms with Gasteiger partial charge in [-0.3, -0.25) is 4.79 Å². The number of hydrogen-bond donors (Lipinski definition) is 1. The predicted molar refractivity (Wildman–Crippen MR) is 87.6 cm³/mol. The summed E-state index contributed by atoms with van der Waals surface area (Å²) < 4.78 is 0. The highest BCUT2D eigenvalue weighted by Gasteiger charge is 2.42. The molecule has 1 aromatic rings. The highest BCUT2D eigenvalue weighted by atomic mass is 35.5. The Balaban J connectivity index is 0.00000161. The van der Waals surface area contributed by atoms with Crippen LogP contribution in [0.1, 0.15) is 29.5 Å². The van der Waals surface area contributed by atoms with E-state index in [2.05, 4.69) is 32.0 Å². The third-order valence-electron chi connectivity index (χ3n) is 5.24. The molecule has 1 aliphatic carbocycles. The minimum Gasteiger partial charge on any atom is -0.342 e. The fraction of sp³-hybridized carbons (Fsp3) is 0.588. The molecule has 2 aliphatic rings. The zero-order valence-corrected chi connectivity index (χ0v) is 13.7. The molecule has 2 N–H and O–H groups in total. The van der Waals surface area contributed by atoms with Gasteiger partial charge in [0, 0.05) is 19.1 Å². The molecule has 0 spiro atoms. The van der Waals surface area contributed by atoms with Crippen LogP contribution >= 0.6 is 12.4 Å². The molecule has 1 aromatic carbocycles. The van der Waals surface area contributed by atoms with Crippen molar-refractivity contribution in [1.82, 2.24) is 4.90 Å². The molecule has 3 nitrogen and oxygen atoms in total. The Morgan fingerprint density at radius 1 is 1.24 bits per heavy atom. The average molecular weight is 309 g/mol. The van der Waals surface area contributed by atoms with E-state index < -0.39 is 0 Å². The van der Waals surface area contributed by atoms with E-state index in [9.17, 15) is 4.79 Å². The SMILES string of the molecule is Cc1cccc(C)c1CC(=O)N1CC2CCC(N)C2C1.Cl. The first-order valence-electron chi connectivity index (χ1n) is 7.64. The fourth-order valence-electron chi connectivity index (χ4n) is 3.90. The maximum Gasteiger partial charge on any atom is 0.227 e. The Morgan fingerprint density at radius 3 is 2.52 bits per heavy atom. The Kier molecular flexibility index (Phi) is 4.95. The maximum atomic E-state index is 12.5. The lowest BCUT2D eigenvalue weighted by Crippen LogP contribution is -2.34. The van der Waals surface area contributed by atoms with E-state index in [1.165, 1.54) is 23.1 Å². The number of hydrogen-bond acceptors (Lipinski definition) is 2. The van der Waals surface area contributed by atoms with Gasteiger partial charge in [0.1, 0.15) is 0 Å². The summed E-state index contributed by atoms with van der Waals surface area (Å²) in [7, 11) is 0. The monoisotopic (exact) mass is 308 g/mol. The molecule has 1 heterocycles. The lowest BCUT2D eigenvalue weighted by molar-refractivity contribution is -0.129. The third kappa shape index (κ3) is 3.09. The number of nitrogens with two attached hydrogens (primary N) is 1. The second-order valence-corrected chi connectivity index (χ2v) is 6.51. The van der Waals surface area contributed by atoms with E-state index in [4.69, 9.17) is 5.73 Å². The standard InChI is InChI=1S/C17H24N2O.ClH/c1-11-4-3-5-12(2)14(11)8-17(20)19-9-13-6-7-16(18)15(13)10-19;/h3-5,13,15-16H,6-10,18H2,1-2H3;1H. The van der Waals surface area contributed by atoms with Crippen LogP contribution in [0.3, 0.4) is 0 Å². The summed E-state index contributed by atoms with van der Waals surface area (Å²) in [6.45, 7) is 5.96. The molecule has 1 aliphatic heterocycles. The Labute approximate surface area is 133 Å². The highest BCUT2D eigenvalue weighted by molar-refractivity contribution is 5.85. The van der Waals surface area contributed by atoms with Gasteiger partial charge >= 0.3 is 0 Å². The number of rotatable bonds is 2. The van der Waals surface area contributed by atoms with Crippen molar-refractivity contribution in [3.63, 3.8) is 0 Å². The fourth-order valence-corrected chi connectivity index (χ4v) is 3.90. The van der Waals surface area contributed by atoms with E-state index in [-0.39, 0.29) is 18.3 Å². The van der Waals surface area contributed by atoms with Gasteiger partial charge in [0.15, 0.2) is 0 Å². The van der Waals surface area contributed by atoms with Crippen molar-refractivity contribution in [2.75, 3.05) is 13.1 Å². The molecule has 1 amide bonds. The predicted octanol–water partition coefficient (Wildman–Crippen LogP) is 2.46. The quantitative estimate of drug-likeness (QED) is 0.912. The highest BCUT2D eigenvalue weighted by Crippen LogP contribution is 2.37. The van der Waals surface area contributed by atoms with Gasteiger partial charge in [-0.05, 0) is 55.2 Å². The van der Waals surface area contributed by atoms with Crippen molar-refractivity contribution in [3.8, 4) is 0 Å². The molecule has 1 saturated carbocycles. The van der Waals surface area contributed by atoms with Crippen molar-refractivity contribution in [2.24, 2.45) is 17.6 Å². The van der Waals surface area contributed by atoms with Gasteiger partial charge in [0.2, 0.25) is 5.91 Å². The van der Waals surface area contributed by atoms with Crippen molar-refractivity contribution < 1.29 is 4.79 Å². The van der Waals surface area contributed by atoms with E-state index >= 15 is 0 Å². The van der Waals surface area contributed by atoms with Crippen LogP contribution in [-0.2, 0) is 11.2 Å². The number of halogens is 1. The first-order chi connectivity index (χ1) is 9.56. The maximum absolute atomic E-state index is 12.5. The van der Waals surface area contributed by atoms with E-state index in [1.54, 1.807) is 0 Å². The van der Waals surface area contributed by atoms with Crippen LogP contribution in [0.15, 0.2) is 18.2 Å². The van der Waals surface area contributed by atoms with Crippen molar-refractivity contribution in [1.29, 1.82) is 0 Å². The summed E-state index contributed by atoms with van der Waals surface area (Å²) in [5.41, 5.74) is 9.77. The van der Waals surface area contributed by atoms with Gasteiger partial charge in [-0.25, -0.2) is 0 Å². The lowest BCUT2D eigenvalue weighted by Gasteiger charge is -2.20. The molecule has 0 bridgehead atoms. The Hall–Kier alpha value is -1.06. The minimum atomic E-state index is 0. The summed E-state index contributed by atoms with van der Waals surface area (Å²) in [4.78, 5) is 14.6. The third-order valence-corrected chi connectivity index (χ3v) is 5.24. The molecule has 4 heteroatoms. The number of carbonyl (C=O) groups is 1. The second-order valence-electron chi connectivity index (χ2n) is 6.51. The van der Waals surface area contributed by atoms with Crippen molar-refractivity contribution in [2.45, 2.75) is 39.2 Å². The van der Waals surface area contributed by atoms with Gasteiger partial charge in [0.25, 0.3) is 0 Å². The Bertz CT molecular complexity index is 511. The summed E-state index contributed by atoms with van der Waals surface area (Å²) in [6.07, 6.45) is 2.86. The summed E-state index contributed by atoms with van der Waals surface area (Å²) >= 11 is 0. The molecule has 1 saturated heterocycles. The van der Waals surface area contributed by atoms with Gasteiger partial charge < -0.3 is 10.6 Å². The van der Waals surface area contributed by atoms with Gasteiger partial charge in [-0.15, -0.1) is 12.4 Å². The van der Waals surface area contributed by atoms with Gasteiger partial charge in [0.05, 0.1) is 6.42 Å². The molecule has 0 aromatic heterocycles. The molecular weight excluding hydrogens is 284 g/mol. The molecule has 2 fully saturated rings. The molecule has 3 unspecified atom stereocenters. The number of nitrogens with zero attached hydrogens (tertiary/aromatic N) is 1. The zero-order chi connectivity index (χ0) is 14.3. The van der Waals surface area contributed by atoms with E-state index in [0.717, 1.165) is 19.5 Å². The van der Waals surface area contributed by atoms with Crippen LogP contribution in [0, 0.1) is 25.7 Å². The second kappa shape index (κ2) is 6.37. The lowest BCUT2D eigenvalue weighted by atomic mass is 9.98. The largest absolute Gasteiger partial charge is 0.342 e. The van der Waals surface area contributed by atoms with Crippen LogP contribution in [0.4, 0.5) is 0 Å². The number of carbonyl (C=O) groups excluding carboxylic acids is 1. The first-order valence-corrected chi connectivity index (χ1v) is 7.64. The molecule has 3 atom stereocenters. The Morgan fingerprint density at radius 2 is 1.90 bits per heavy atom. The number of fused-ring (bicyclic) bond motifs is 1. The van der Waals surface area contributed by atoms with Gasteiger partial charge in [-0.1, -0.05) is 18.2 Å². The van der Waals surface area contributed by atoms with Crippen molar-refractivity contribution >= 4 is 18.3 Å². The number of amides is 1. The minimum absolute atomic E-state index is 0. The molecular formula is C17H25ClN2O. The summed E-state index contributed by atoms with van der Waals surface area (Å²) in [6, 6.07) is 6.53. The molecule has 21 heavy (non-hydrogen) atoms. The number of benzene rings is 1.